The maximum absolute atomic E-state index is 13.8. The van der Waals surface area contributed by atoms with Gasteiger partial charge < -0.3 is 14.6 Å². The number of alkyl halides is 9. The Morgan fingerprint density at radius 2 is 1.52 bits per heavy atom. The summed E-state index contributed by atoms with van der Waals surface area (Å²) in [7, 11) is 0. The van der Waals surface area contributed by atoms with Gasteiger partial charge in [0.2, 0.25) is 0 Å². The van der Waals surface area contributed by atoms with E-state index in [-0.39, 0.29) is 6.61 Å². The summed E-state index contributed by atoms with van der Waals surface area (Å²) in [4.78, 5) is 0. The van der Waals surface area contributed by atoms with Crippen molar-refractivity contribution in [3.8, 4) is 0 Å². The van der Waals surface area contributed by atoms with Gasteiger partial charge in [0.15, 0.2) is 6.29 Å². The fraction of sp³-hybridized carbons (Fsp3) is 1.00. The van der Waals surface area contributed by atoms with Crippen LogP contribution in [0.5, 0.6) is 0 Å². The van der Waals surface area contributed by atoms with Crippen LogP contribution in [0.2, 0.25) is 0 Å². The number of halogens is 9. The van der Waals surface area contributed by atoms with Crippen LogP contribution in [0.15, 0.2) is 0 Å². The van der Waals surface area contributed by atoms with Gasteiger partial charge in [-0.05, 0) is 13.3 Å². The predicted octanol–water partition coefficient (Wildman–Crippen LogP) is 3.21. The van der Waals surface area contributed by atoms with Crippen LogP contribution in [-0.4, -0.2) is 54.7 Å². The molecule has 1 aliphatic rings. The minimum absolute atomic E-state index is 0.199. The topological polar surface area (TPSA) is 38.7 Å². The number of rotatable bonds is 5. The second kappa shape index (κ2) is 6.28. The van der Waals surface area contributed by atoms with Crippen LogP contribution in [0, 0.1) is 5.92 Å². The minimum atomic E-state index is -6.98. The molecule has 1 fully saturated rings. The van der Waals surface area contributed by atoms with Crippen LogP contribution in [-0.2, 0) is 9.47 Å². The second-order valence-corrected chi connectivity index (χ2v) is 4.85. The zero-order valence-electron chi connectivity index (χ0n) is 11.5. The first kappa shape index (κ1) is 20.3. The highest BCUT2D eigenvalue weighted by molar-refractivity contribution is 5.05. The Bertz CT molecular complexity index is 408. The van der Waals surface area contributed by atoms with Gasteiger partial charge in [-0.25, -0.2) is 0 Å². The number of hydrogen-bond acceptors (Lipinski definition) is 3. The maximum Gasteiger partial charge on any atom is 0.460 e. The van der Waals surface area contributed by atoms with Gasteiger partial charge in [-0.15, -0.1) is 0 Å². The van der Waals surface area contributed by atoms with E-state index in [0.717, 1.165) is 0 Å². The molecule has 0 bridgehead atoms. The van der Waals surface area contributed by atoms with Crippen molar-refractivity contribution in [3.05, 3.63) is 0 Å². The molecule has 0 aromatic carbocycles. The van der Waals surface area contributed by atoms with Crippen LogP contribution < -0.4 is 0 Å². The Kier molecular flexibility index (Phi) is 5.54. The number of hydrogen-bond donors (Lipinski definition) is 1. The summed E-state index contributed by atoms with van der Waals surface area (Å²) in [6.45, 7) is 0.453. The van der Waals surface area contributed by atoms with E-state index >= 15 is 0 Å². The van der Waals surface area contributed by atoms with Crippen molar-refractivity contribution in [1.29, 1.82) is 0 Å². The first-order chi connectivity index (χ1) is 10.2. The Morgan fingerprint density at radius 1 is 1.00 bits per heavy atom. The van der Waals surface area contributed by atoms with E-state index < -0.39 is 55.3 Å². The second-order valence-electron chi connectivity index (χ2n) is 4.85. The molecule has 1 saturated heterocycles. The SMILES string of the molecule is CCO[C@@H]1OCC[C@@H](C(F)(F)C(F)(F)C(F)(F)C(F)(F)F)[C@@H]1O. The highest BCUT2D eigenvalue weighted by Crippen LogP contribution is 2.56. The third kappa shape index (κ3) is 3.25. The van der Waals surface area contributed by atoms with Gasteiger partial charge in [0.1, 0.15) is 6.10 Å². The molecule has 1 N–H and O–H groups in total. The quantitative estimate of drug-likeness (QED) is 0.762. The lowest BCUT2D eigenvalue weighted by Gasteiger charge is -2.42. The van der Waals surface area contributed by atoms with Crippen LogP contribution in [0.3, 0.4) is 0 Å². The van der Waals surface area contributed by atoms with Crippen molar-refractivity contribution in [2.45, 2.75) is 49.7 Å². The van der Waals surface area contributed by atoms with E-state index in [1.54, 1.807) is 0 Å². The molecule has 3 atom stereocenters. The maximum atomic E-state index is 13.8. The summed E-state index contributed by atoms with van der Waals surface area (Å²) >= 11 is 0. The van der Waals surface area contributed by atoms with Crippen molar-refractivity contribution in [2.24, 2.45) is 5.92 Å². The van der Waals surface area contributed by atoms with Gasteiger partial charge in [0.05, 0.1) is 12.5 Å². The summed E-state index contributed by atoms with van der Waals surface area (Å²) in [5, 5.41) is 9.54. The van der Waals surface area contributed by atoms with Gasteiger partial charge in [0, 0.05) is 6.61 Å². The van der Waals surface area contributed by atoms with Crippen LogP contribution >= 0.6 is 0 Å². The predicted molar refractivity (Wildman–Crippen MR) is 56.4 cm³/mol. The molecule has 0 saturated carbocycles. The average molecular weight is 364 g/mol. The minimum Gasteiger partial charge on any atom is -0.387 e. The molecule has 0 amide bonds. The molecule has 1 aliphatic heterocycles. The first-order valence-electron chi connectivity index (χ1n) is 6.33. The van der Waals surface area contributed by atoms with Gasteiger partial charge >= 0.3 is 23.9 Å². The molecule has 138 valence electrons. The van der Waals surface area contributed by atoms with Crippen molar-refractivity contribution in [1.82, 2.24) is 0 Å². The molecule has 0 spiro atoms. The molecule has 23 heavy (non-hydrogen) atoms. The molecule has 12 heteroatoms. The molecule has 0 radical (unpaired) electrons. The van der Waals surface area contributed by atoms with Crippen LogP contribution in [0.4, 0.5) is 39.5 Å². The van der Waals surface area contributed by atoms with Gasteiger partial charge in [0.25, 0.3) is 0 Å². The van der Waals surface area contributed by atoms with Crippen molar-refractivity contribution in [3.63, 3.8) is 0 Å². The third-order valence-corrected chi connectivity index (χ3v) is 3.37. The molecule has 0 unspecified atom stereocenters. The summed E-state index contributed by atoms with van der Waals surface area (Å²) in [5.74, 6) is -22.5. The Hall–Kier alpha value is -0.750. The van der Waals surface area contributed by atoms with E-state index in [1.807, 2.05) is 0 Å². The Balaban J connectivity index is 3.17. The Labute approximate surface area is 124 Å². The summed E-state index contributed by atoms with van der Waals surface area (Å²) < 4.78 is 125. The largest absolute Gasteiger partial charge is 0.460 e. The smallest absolute Gasteiger partial charge is 0.387 e. The lowest BCUT2D eigenvalue weighted by Crippen LogP contribution is -2.66. The van der Waals surface area contributed by atoms with Crippen molar-refractivity contribution in [2.75, 3.05) is 13.2 Å². The lowest BCUT2D eigenvalue weighted by molar-refractivity contribution is -0.411. The molecule has 3 nitrogen and oxygen atoms in total. The van der Waals surface area contributed by atoms with E-state index in [9.17, 15) is 44.6 Å². The highest BCUT2D eigenvalue weighted by atomic mass is 19.4. The molecular formula is C11H13F9O3. The standard InChI is InChI=1S/C11H13F9O3/c1-2-22-7-6(21)5(3-4-23-7)8(12,13)9(14,15)10(16,17)11(18,19)20/h5-7,21H,2-4H2,1H3/t5-,6+,7-/m1/s1. The monoisotopic (exact) mass is 364 g/mol. The molecular weight excluding hydrogens is 351 g/mol. The highest BCUT2D eigenvalue weighted by Gasteiger charge is 2.83. The normalized spacial score (nSPS) is 28.0. The molecule has 0 aromatic rings. The summed E-state index contributed by atoms with van der Waals surface area (Å²) in [5.41, 5.74) is 0. The van der Waals surface area contributed by atoms with E-state index in [4.69, 9.17) is 0 Å². The lowest BCUT2D eigenvalue weighted by atomic mass is 9.84. The fourth-order valence-electron chi connectivity index (χ4n) is 2.10. The molecule has 0 aliphatic carbocycles. The molecule has 1 rings (SSSR count). The third-order valence-electron chi connectivity index (χ3n) is 3.37. The summed E-state index contributed by atoms with van der Waals surface area (Å²) in [6.07, 6.45) is -12.3. The van der Waals surface area contributed by atoms with E-state index in [1.165, 1.54) is 6.92 Å². The van der Waals surface area contributed by atoms with Crippen molar-refractivity contribution >= 4 is 0 Å². The van der Waals surface area contributed by atoms with E-state index in [2.05, 4.69) is 9.47 Å². The summed E-state index contributed by atoms with van der Waals surface area (Å²) in [6, 6.07) is 0. The first-order valence-corrected chi connectivity index (χ1v) is 6.33. The molecule has 0 aromatic heterocycles. The van der Waals surface area contributed by atoms with Gasteiger partial charge in [-0.3, -0.25) is 0 Å². The fourth-order valence-corrected chi connectivity index (χ4v) is 2.10. The van der Waals surface area contributed by atoms with Gasteiger partial charge in [-0.1, -0.05) is 0 Å². The molecule has 1 heterocycles. The van der Waals surface area contributed by atoms with Crippen molar-refractivity contribution < 1.29 is 54.1 Å². The number of aliphatic hydroxyl groups is 1. The zero-order valence-corrected chi connectivity index (χ0v) is 11.5. The Morgan fingerprint density at radius 3 is 1.96 bits per heavy atom. The van der Waals surface area contributed by atoms with Gasteiger partial charge in [-0.2, -0.15) is 39.5 Å². The van der Waals surface area contributed by atoms with Crippen LogP contribution in [0.1, 0.15) is 13.3 Å². The average Bonchev–Trinajstić information content (AvgIpc) is 2.39. The zero-order chi connectivity index (χ0) is 18.3. The number of ether oxygens (including phenoxy) is 2. The van der Waals surface area contributed by atoms with E-state index in [0.29, 0.717) is 0 Å². The van der Waals surface area contributed by atoms with Crippen LogP contribution in [0.25, 0.3) is 0 Å². The number of aliphatic hydroxyl groups excluding tert-OH is 1.